The summed E-state index contributed by atoms with van der Waals surface area (Å²) in [7, 11) is -2.77. The van der Waals surface area contributed by atoms with Crippen LogP contribution in [0.5, 0.6) is 5.75 Å². The molecule has 0 aromatic heterocycles. The molecular weight excluding hydrogens is 653 g/mol. The Hall–Kier alpha value is -2.79. The predicted molar refractivity (Wildman–Crippen MR) is 166 cm³/mol. The van der Waals surface area contributed by atoms with Gasteiger partial charge in [0.05, 0.1) is 22.2 Å². The first-order valence-corrected chi connectivity index (χ1v) is 15.8. The zero-order valence-corrected chi connectivity index (χ0v) is 27.1. The van der Waals surface area contributed by atoms with Crippen LogP contribution in [-0.2, 0) is 26.2 Å². The minimum Gasteiger partial charge on any atom is -0.496 e. The number of sulfonamides is 1. The van der Waals surface area contributed by atoms with Crippen molar-refractivity contribution in [1.82, 2.24) is 10.2 Å². The number of hydrogen-bond acceptors (Lipinski definition) is 5. The summed E-state index contributed by atoms with van der Waals surface area (Å²) in [5.41, 5.74) is 1.65. The van der Waals surface area contributed by atoms with Crippen LogP contribution in [0.4, 0.5) is 5.69 Å². The minimum absolute atomic E-state index is 0.0482. The molecule has 0 saturated carbocycles. The van der Waals surface area contributed by atoms with Crippen molar-refractivity contribution in [2.45, 2.75) is 44.7 Å². The van der Waals surface area contributed by atoms with Crippen LogP contribution in [0, 0.1) is 6.92 Å². The Bertz CT molecular complexity index is 1480. The molecule has 0 unspecified atom stereocenters. The van der Waals surface area contributed by atoms with Crippen molar-refractivity contribution < 1.29 is 22.7 Å². The topological polar surface area (TPSA) is 96.0 Å². The van der Waals surface area contributed by atoms with Crippen molar-refractivity contribution in [3.05, 3.63) is 86.3 Å². The number of carbonyl (C=O) groups excluding carboxylic acids is 2. The molecular formula is C29H32BrCl2N3O5S. The van der Waals surface area contributed by atoms with Crippen LogP contribution in [0.2, 0.25) is 10.0 Å². The third-order valence-electron chi connectivity index (χ3n) is 6.42. The van der Waals surface area contributed by atoms with Crippen LogP contribution in [-0.4, -0.2) is 51.4 Å². The van der Waals surface area contributed by atoms with Gasteiger partial charge in [-0.1, -0.05) is 53.9 Å². The molecule has 1 N–H and O–H groups in total. The summed E-state index contributed by atoms with van der Waals surface area (Å²) >= 11 is 16.2. The van der Waals surface area contributed by atoms with Crippen LogP contribution in [0.15, 0.2) is 70.0 Å². The minimum atomic E-state index is -4.24. The SMILES string of the molecule is CCCNC(=O)[C@H](C)N(Cc1c(Cl)cccc1Cl)C(=O)CN(c1ccc(C)cc1)S(=O)(=O)c1ccc(OC)c(Br)c1. The van der Waals surface area contributed by atoms with Gasteiger partial charge in [0.25, 0.3) is 10.0 Å². The average molecular weight is 685 g/mol. The van der Waals surface area contributed by atoms with Crippen molar-refractivity contribution in [2.75, 3.05) is 24.5 Å². The molecule has 3 rings (SSSR count). The Labute approximate surface area is 259 Å². The van der Waals surface area contributed by atoms with Gasteiger partial charge in [0, 0.05) is 28.7 Å². The second-order valence-corrected chi connectivity index (χ2v) is 12.9. The Morgan fingerprint density at radius 3 is 2.24 bits per heavy atom. The maximum atomic E-state index is 14.0. The van der Waals surface area contributed by atoms with Crippen molar-refractivity contribution in [2.24, 2.45) is 0 Å². The van der Waals surface area contributed by atoms with Crippen LogP contribution >= 0.6 is 39.1 Å². The highest BCUT2D eigenvalue weighted by Crippen LogP contribution is 2.32. The molecule has 3 aromatic carbocycles. The molecule has 0 aliphatic carbocycles. The molecule has 0 aliphatic heterocycles. The highest BCUT2D eigenvalue weighted by Gasteiger charge is 2.33. The summed E-state index contributed by atoms with van der Waals surface area (Å²) < 4.78 is 34.7. The lowest BCUT2D eigenvalue weighted by Crippen LogP contribution is -2.51. The van der Waals surface area contributed by atoms with Crippen molar-refractivity contribution in [3.63, 3.8) is 0 Å². The van der Waals surface area contributed by atoms with E-state index in [9.17, 15) is 18.0 Å². The van der Waals surface area contributed by atoms with E-state index in [0.29, 0.717) is 38.8 Å². The monoisotopic (exact) mass is 683 g/mol. The van der Waals surface area contributed by atoms with E-state index in [4.69, 9.17) is 27.9 Å². The van der Waals surface area contributed by atoms with Gasteiger partial charge in [-0.05, 0) is 78.7 Å². The summed E-state index contributed by atoms with van der Waals surface area (Å²) in [4.78, 5) is 28.3. The Morgan fingerprint density at radius 1 is 1.05 bits per heavy atom. The molecule has 0 saturated heterocycles. The lowest BCUT2D eigenvalue weighted by molar-refractivity contribution is -0.139. The highest BCUT2D eigenvalue weighted by atomic mass is 79.9. The molecule has 0 bridgehead atoms. The third-order valence-corrected chi connectivity index (χ3v) is 9.52. The zero-order valence-electron chi connectivity index (χ0n) is 23.2. The fourth-order valence-electron chi connectivity index (χ4n) is 4.01. The van der Waals surface area contributed by atoms with Gasteiger partial charge in [-0.15, -0.1) is 0 Å². The van der Waals surface area contributed by atoms with Gasteiger partial charge >= 0.3 is 0 Å². The number of nitrogens with zero attached hydrogens (tertiary/aromatic N) is 2. The van der Waals surface area contributed by atoms with Crippen molar-refractivity contribution in [1.29, 1.82) is 0 Å². The summed E-state index contributed by atoms with van der Waals surface area (Å²) in [5.74, 6) is -0.541. The lowest BCUT2D eigenvalue weighted by Gasteiger charge is -2.32. The average Bonchev–Trinajstić information content (AvgIpc) is 2.94. The number of ether oxygens (including phenoxy) is 1. The van der Waals surface area contributed by atoms with Crippen LogP contribution in [0.25, 0.3) is 0 Å². The smallest absolute Gasteiger partial charge is 0.264 e. The number of aryl methyl sites for hydroxylation is 1. The van der Waals surface area contributed by atoms with E-state index in [1.807, 2.05) is 13.8 Å². The van der Waals surface area contributed by atoms with E-state index >= 15 is 0 Å². The molecule has 0 radical (unpaired) electrons. The molecule has 2 amide bonds. The van der Waals surface area contributed by atoms with Gasteiger partial charge in [-0.3, -0.25) is 13.9 Å². The molecule has 0 fully saturated rings. The van der Waals surface area contributed by atoms with Gasteiger partial charge in [0.1, 0.15) is 18.3 Å². The summed E-state index contributed by atoms with van der Waals surface area (Å²) in [6.45, 7) is 5.11. The van der Waals surface area contributed by atoms with E-state index in [2.05, 4.69) is 21.2 Å². The Balaban J connectivity index is 2.08. The van der Waals surface area contributed by atoms with Crippen LogP contribution in [0.3, 0.4) is 0 Å². The summed E-state index contributed by atoms with van der Waals surface area (Å²) in [6.07, 6.45) is 0.708. The van der Waals surface area contributed by atoms with Gasteiger partial charge < -0.3 is 15.0 Å². The number of halogens is 3. The highest BCUT2D eigenvalue weighted by molar-refractivity contribution is 9.10. The molecule has 1 atom stereocenters. The molecule has 3 aromatic rings. The number of methoxy groups -OCH3 is 1. The number of benzene rings is 3. The first-order valence-electron chi connectivity index (χ1n) is 12.8. The van der Waals surface area contributed by atoms with Gasteiger partial charge in [-0.25, -0.2) is 8.42 Å². The first kappa shape index (κ1) is 32.7. The molecule has 0 aliphatic rings. The van der Waals surface area contributed by atoms with E-state index in [0.717, 1.165) is 9.87 Å². The van der Waals surface area contributed by atoms with E-state index in [1.165, 1.54) is 30.2 Å². The Morgan fingerprint density at radius 2 is 1.68 bits per heavy atom. The number of nitrogens with one attached hydrogen (secondary N) is 1. The van der Waals surface area contributed by atoms with Gasteiger partial charge in [-0.2, -0.15) is 0 Å². The summed E-state index contributed by atoms with van der Waals surface area (Å²) in [6, 6.07) is 15.1. The largest absolute Gasteiger partial charge is 0.496 e. The number of amides is 2. The Kier molecular flexibility index (Phi) is 11.5. The number of hydrogen-bond donors (Lipinski definition) is 1. The first-order chi connectivity index (χ1) is 19.4. The van der Waals surface area contributed by atoms with Crippen molar-refractivity contribution >= 4 is 66.7 Å². The van der Waals surface area contributed by atoms with E-state index in [-0.39, 0.29) is 23.0 Å². The van der Waals surface area contributed by atoms with Gasteiger partial charge in [0.15, 0.2) is 0 Å². The fraction of sp³-hybridized carbons (Fsp3) is 0.310. The second-order valence-electron chi connectivity index (χ2n) is 9.33. The molecule has 12 heteroatoms. The van der Waals surface area contributed by atoms with E-state index in [1.54, 1.807) is 49.4 Å². The van der Waals surface area contributed by atoms with Crippen molar-refractivity contribution in [3.8, 4) is 5.75 Å². The maximum absolute atomic E-state index is 14.0. The number of carbonyl (C=O) groups is 2. The molecule has 41 heavy (non-hydrogen) atoms. The standard InChI is InChI=1S/C29H32BrCl2N3O5S/c1-5-15-33-29(37)20(3)34(17-23-25(31)7-6-8-26(23)32)28(36)18-35(21-11-9-19(2)10-12-21)41(38,39)22-13-14-27(40-4)24(30)16-22/h6-14,16,20H,5,15,17-18H2,1-4H3,(H,33,37)/t20-/m0/s1. The maximum Gasteiger partial charge on any atom is 0.264 e. The molecule has 0 spiro atoms. The second kappa shape index (κ2) is 14.4. The zero-order chi connectivity index (χ0) is 30.3. The van der Waals surface area contributed by atoms with Crippen LogP contribution in [0.1, 0.15) is 31.4 Å². The lowest BCUT2D eigenvalue weighted by atomic mass is 10.1. The van der Waals surface area contributed by atoms with Gasteiger partial charge in [0.2, 0.25) is 11.8 Å². The van der Waals surface area contributed by atoms with Crippen LogP contribution < -0.4 is 14.4 Å². The quantitative estimate of drug-likeness (QED) is 0.245. The molecule has 220 valence electrons. The normalized spacial score (nSPS) is 12.0. The van der Waals surface area contributed by atoms with E-state index < -0.39 is 28.5 Å². The fourth-order valence-corrected chi connectivity index (χ4v) is 6.66. The number of anilines is 1. The number of rotatable bonds is 12. The summed E-state index contributed by atoms with van der Waals surface area (Å²) in [5, 5.41) is 3.44. The predicted octanol–water partition coefficient (Wildman–Crippen LogP) is 6.21. The molecule has 0 heterocycles. The third kappa shape index (κ3) is 7.94. The molecule has 8 nitrogen and oxygen atoms in total.